The summed E-state index contributed by atoms with van der Waals surface area (Å²) >= 11 is 0. The summed E-state index contributed by atoms with van der Waals surface area (Å²) in [6.45, 7) is 1.12. The Morgan fingerprint density at radius 2 is 2.18 bits per heavy atom. The van der Waals surface area contributed by atoms with Gasteiger partial charge in [0.2, 0.25) is 0 Å². The number of piperidine rings is 1. The molecule has 0 saturated carbocycles. The van der Waals surface area contributed by atoms with E-state index in [2.05, 4.69) is 5.32 Å². The van der Waals surface area contributed by atoms with Crippen LogP contribution < -0.4 is 10.1 Å². The Hall–Kier alpha value is -0.870. The molecule has 2 rings (SSSR count). The average Bonchev–Trinajstić information content (AvgIpc) is 2.29. The van der Waals surface area contributed by atoms with Crippen LogP contribution in [0.25, 0.3) is 0 Å². The zero-order chi connectivity index (χ0) is 11.5. The highest BCUT2D eigenvalue weighted by atomic mass is 35.5. The lowest BCUT2D eigenvalue weighted by Gasteiger charge is -2.27. The molecule has 0 bridgehead atoms. The lowest BCUT2D eigenvalue weighted by molar-refractivity contribution is 0.231. The highest BCUT2D eigenvalue weighted by molar-refractivity contribution is 5.85. The van der Waals surface area contributed by atoms with E-state index in [1.54, 1.807) is 12.1 Å². The normalized spacial score (nSPS) is 23.9. The number of methoxy groups -OCH3 is 1. The van der Waals surface area contributed by atoms with Crippen LogP contribution in [0.2, 0.25) is 0 Å². The summed E-state index contributed by atoms with van der Waals surface area (Å²) in [5.74, 6) is -0.430. The number of alkyl halides is 1. The van der Waals surface area contributed by atoms with Gasteiger partial charge in [0, 0.05) is 12.5 Å². The maximum Gasteiger partial charge on any atom is 0.165 e. The molecule has 96 valence electrons. The minimum absolute atomic E-state index is 0. The average molecular weight is 264 g/mol. The molecule has 1 saturated heterocycles. The third-order valence-electron chi connectivity index (χ3n) is 3.01. The van der Waals surface area contributed by atoms with Crippen molar-refractivity contribution in [3.05, 3.63) is 29.6 Å². The first-order chi connectivity index (χ1) is 7.72. The molecule has 1 N–H and O–H groups in total. The fraction of sp³-hybridized carbons (Fsp3) is 0.500. The van der Waals surface area contributed by atoms with Crippen LogP contribution in [0.4, 0.5) is 8.78 Å². The number of hydrogen-bond donors (Lipinski definition) is 1. The largest absolute Gasteiger partial charge is 0.494 e. The fourth-order valence-corrected chi connectivity index (χ4v) is 2.11. The van der Waals surface area contributed by atoms with Gasteiger partial charge < -0.3 is 10.1 Å². The lowest BCUT2D eigenvalue weighted by atomic mass is 9.88. The SMILES string of the molecule is COc1ccc([C@@H]2CCNC[C@H]2F)cc1F.Cl. The molecular weight excluding hydrogens is 248 g/mol. The second kappa shape index (κ2) is 6.17. The number of benzene rings is 1. The molecule has 1 aromatic rings. The van der Waals surface area contributed by atoms with E-state index in [4.69, 9.17) is 4.74 Å². The molecule has 2 atom stereocenters. The molecule has 0 aromatic heterocycles. The van der Waals surface area contributed by atoms with Crippen molar-refractivity contribution in [2.75, 3.05) is 20.2 Å². The van der Waals surface area contributed by atoms with Crippen molar-refractivity contribution in [3.63, 3.8) is 0 Å². The molecule has 5 heteroatoms. The Kier molecular flexibility index (Phi) is 5.15. The van der Waals surface area contributed by atoms with Gasteiger partial charge >= 0.3 is 0 Å². The molecule has 1 aliphatic rings. The van der Waals surface area contributed by atoms with Crippen molar-refractivity contribution in [3.8, 4) is 5.75 Å². The fourth-order valence-electron chi connectivity index (χ4n) is 2.11. The first kappa shape index (κ1) is 14.2. The van der Waals surface area contributed by atoms with Crippen molar-refractivity contribution in [2.45, 2.75) is 18.5 Å². The van der Waals surface area contributed by atoms with Crippen LogP contribution in [0.3, 0.4) is 0 Å². The number of nitrogens with one attached hydrogen (secondary N) is 1. The molecule has 0 amide bonds. The number of ether oxygens (including phenoxy) is 1. The van der Waals surface area contributed by atoms with Crippen molar-refractivity contribution in [2.24, 2.45) is 0 Å². The van der Waals surface area contributed by atoms with Crippen LogP contribution in [0, 0.1) is 5.82 Å². The van der Waals surface area contributed by atoms with Crippen LogP contribution in [-0.4, -0.2) is 26.4 Å². The van der Waals surface area contributed by atoms with Gasteiger partial charge in [-0.15, -0.1) is 12.4 Å². The van der Waals surface area contributed by atoms with Gasteiger partial charge in [-0.25, -0.2) is 8.78 Å². The smallest absolute Gasteiger partial charge is 0.165 e. The maximum absolute atomic E-state index is 13.6. The van der Waals surface area contributed by atoms with Crippen LogP contribution in [0.5, 0.6) is 5.75 Å². The number of hydrogen-bond acceptors (Lipinski definition) is 2. The standard InChI is InChI=1S/C12H15F2NO.ClH/c1-16-12-3-2-8(6-10(12)13)9-4-5-15-7-11(9)14;/h2-3,6,9,11,15H,4-5,7H2,1H3;1H/t9-,11+;/m0./s1. The minimum atomic E-state index is -0.943. The lowest BCUT2D eigenvalue weighted by Crippen LogP contribution is -2.36. The first-order valence-corrected chi connectivity index (χ1v) is 5.40. The number of rotatable bonds is 2. The topological polar surface area (TPSA) is 21.3 Å². The summed E-state index contributed by atoms with van der Waals surface area (Å²) in [7, 11) is 1.42. The number of halogens is 3. The van der Waals surface area contributed by atoms with Gasteiger partial charge in [0.15, 0.2) is 11.6 Å². The van der Waals surface area contributed by atoms with Crippen LogP contribution in [-0.2, 0) is 0 Å². The zero-order valence-corrected chi connectivity index (χ0v) is 10.4. The predicted octanol–water partition coefficient (Wildman–Crippen LogP) is 2.67. The Balaban J connectivity index is 0.00000144. The maximum atomic E-state index is 13.6. The first-order valence-electron chi connectivity index (χ1n) is 5.40. The third-order valence-corrected chi connectivity index (χ3v) is 3.01. The van der Waals surface area contributed by atoms with Crippen molar-refractivity contribution < 1.29 is 13.5 Å². The van der Waals surface area contributed by atoms with E-state index in [0.29, 0.717) is 18.5 Å². The van der Waals surface area contributed by atoms with Gasteiger partial charge in [0.05, 0.1) is 7.11 Å². The van der Waals surface area contributed by atoms with Crippen molar-refractivity contribution in [1.82, 2.24) is 5.32 Å². The third kappa shape index (κ3) is 3.07. The Morgan fingerprint density at radius 1 is 1.41 bits per heavy atom. The molecule has 1 aliphatic heterocycles. The Bertz CT molecular complexity index is 376. The summed E-state index contributed by atoms with van der Waals surface area (Å²) < 4.78 is 31.9. The summed E-state index contributed by atoms with van der Waals surface area (Å²) in [6.07, 6.45) is -0.242. The van der Waals surface area contributed by atoms with E-state index in [0.717, 1.165) is 6.54 Å². The van der Waals surface area contributed by atoms with E-state index in [1.807, 2.05) is 0 Å². The van der Waals surface area contributed by atoms with Crippen LogP contribution in [0.1, 0.15) is 17.9 Å². The second-order valence-electron chi connectivity index (χ2n) is 4.01. The highest BCUT2D eigenvalue weighted by Crippen LogP contribution is 2.30. The summed E-state index contributed by atoms with van der Waals surface area (Å²) in [5, 5.41) is 2.98. The molecule has 2 nitrogen and oxygen atoms in total. The van der Waals surface area contributed by atoms with Crippen LogP contribution in [0.15, 0.2) is 18.2 Å². The molecule has 1 fully saturated rings. The quantitative estimate of drug-likeness (QED) is 0.886. The molecule has 1 aromatic carbocycles. The van der Waals surface area contributed by atoms with Crippen molar-refractivity contribution >= 4 is 12.4 Å². The van der Waals surface area contributed by atoms with Gasteiger partial charge in [-0.3, -0.25) is 0 Å². The Morgan fingerprint density at radius 3 is 2.76 bits per heavy atom. The molecule has 17 heavy (non-hydrogen) atoms. The molecule has 0 spiro atoms. The van der Waals surface area contributed by atoms with E-state index in [9.17, 15) is 8.78 Å². The minimum Gasteiger partial charge on any atom is -0.494 e. The summed E-state index contributed by atoms with van der Waals surface area (Å²) in [5.41, 5.74) is 0.715. The van der Waals surface area contributed by atoms with E-state index in [1.165, 1.54) is 13.2 Å². The van der Waals surface area contributed by atoms with Gasteiger partial charge in [-0.1, -0.05) is 6.07 Å². The zero-order valence-electron chi connectivity index (χ0n) is 9.58. The molecule has 1 heterocycles. The Labute approximate surface area is 106 Å². The van der Waals surface area contributed by atoms with Crippen molar-refractivity contribution in [1.29, 1.82) is 0 Å². The van der Waals surface area contributed by atoms with E-state index in [-0.39, 0.29) is 24.1 Å². The summed E-state index contributed by atoms with van der Waals surface area (Å²) in [6, 6.07) is 4.67. The molecule has 0 radical (unpaired) electrons. The van der Waals surface area contributed by atoms with Gasteiger partial charge in [-0.05, 0) is 30.7 Å². The second-order valence-corrected chi connectivity index (χ2v) is 4.01. The van der Waals surface area contributed by atoms with Gasteiger partial charge in [0.25, 0.3) is 0 Å². The molecule has 0 aliphatic carbocycles. The van der Waals surface area contributed by atoms with Crippen LogP contribution >= 0.6 is 12.4 Å². The predicted molar refractivity (Wildman–Crippen MR) is 65.3 cm³/mol. The van der Waals surface area contributed by atoms with E-state index >= 15 is 0 Å². The highest BCUT2D eigenvalue weighted by Gasteiger charge is 2.26. The summed E-state index contributed by atoms with van der Waals surface area (Å²) in [4.78, 5) is 0. The van der Waals surface area contributed by atoms with Gasteiger partial charge in [-0.2, -0.15) is 0 Å². The van der Waals surface area contributed by atoms with E-state index < -0.39 is 12.0 Å². The molecular formula is C12H16ClF2NO. The molecule has 0 unspecified atom stereocenters. The monoisotopic (exact) mass is 263 g/mol. The van der Waals surface area contributed by atoms with Gasteiger partial charge in [0.1, 0.15) is 6.17 Å².